The van der Waals surface area contributed by atoms with E-state index >= 15 is 0 Å². The number of nitrogens with two attached hydrogens (primary N) is 1. The van der Waals surface area contributed by atoms with Crippen LogP contribution < -0.4 is 16.4 Å². The van der Waals surface area contributed by atoms with Crippen LogP contribution in [0.3, 0.4) is 0 Å². The lowest BCUT2D eigenvalue weighted by Gasteiger charge is -2.19. The number of rotatable bonds is 7. The van der Waals surface area contributed by atoms with Crippen molar-refractivity contribution in [2.45, 2.75) is 32.2 Å². The van der Waals surface area contributed by atoms with E-state index in [4.69, 9.17) is 5.73 Å². The van der Waals surface area contributed by atoms with Gasteiger partial charge in [-0.15, -0.1) is 24.2 Å². The van der Waals surface area contributed by atoms with E-state index in [2.05, 4.69) is 10.6 Å². The molecule has 2 rings (SSSR count). The van der Waals surface area contributed by atoms with Crippen LogP contribution in [0.5, 0.6) is 0 Å². The second-order valence-corrected chi connectivity index (χ2v) is 6.99. The van der Waals surface area contributed by atoms with E-state index in [9.17, 15) is 9.59 Å². The molecule has 2 amide bonds. The fraction of sp³-hybridized carbons (Fsp3) is 0.529. The van der Waals surface area contributed by atoms with Crippen LogP contribution in [0.25, 0.3) is 0 Å². The minimum absolute atomic E-state index is 0. The smallest absolute Gasteiger partial charge is 0.234 e. The SMILES string of the molecule is Cc1ccc(NC(=O)CSCC(=O)NC2CCCC2CN)cc1.Cl. The monoisotopic (exact) mass is 371 g/mol. The second kappa shape index (κ2) is 10.6. The topological polar surface area (TPSA) is 84.2 Å². The Morgan fingerprint density at radius 3 is 2.50 bits per heavy atom. The first kappa shape index (κ1) is 20.8. The molecule has 0 aromatic heterocycles. The Hall–Kier alpha value is -1.24. The fourth-order valence-corrected chi connectivity index (χ4v) is 3.46. The van der Waals surface area contributed by atoms with Crippen LogP contribution in [0.4, 0.5) is 5.69 Å². The van der Waals surface area contributed by atoms with Gasteiger partial charge in [-0.3, -0.25) is 9.59 Å². The van der Waals surface area contributed by atoms with Crippen LogP contribution in [-0.2, 0) is 9.59 Å². The number of benzene rings is 1. The minimum atomic E-state index is -0.0904. The summed E-state index contributed by atoms with van der Waals surface area (Å²) in [5, 5.41) is 5.86. The molecule has 2 atom stereocenters. The molecular formula is C17H26ClN3O2S. The molecule has 5 nitrogen and oxygen atoms in total. The van der Waals surface area contributed by atoms with Crippen LogP contribution in [0.1, 0.15) is 24.8 Å². The molecule has 0 aliphatic heterocycles. The molecule has 2 unspecified atom stereocenters. The largest absolute Gasteiger partial charge is 0.352 e. The van der Waals surface area contributed by atoms with Crippen molar-refractivity contribution in [3.63, 3.8) is 0 Å². The van der Waals surface area contributed by atoms with Crippen molar-refractivity contribution in [3.05, 3.63) is 29.8 Å². The van der Waals surface area contributed by atoms with E-state index in [0.717, 1.165) is 30.5 Å². The van der Waals surface area contributed by atoms with E-state index < -0.39 is 0 Å². The Morgan fingerprint density at radius 2 is 1.83 bits per heavy atom. The minimum Gasteiger partial charge on any atom is -0.352 e. The van der Waals surface area contributed by atoms with Crippen LogP contribution in [0.15, 0.2) is 24.3 Å². The van der Waals surface area contributed by atoms with Crippen LogP contribution in [-0.4, -0.2) is 35.9 Å². The lowest BCUT2D eigenvalue weighted by Crippen LogP contribution is -2.40. The van der Waals surface area contributed by atoms with Gasteiger partial charge in [-0.05, 0) is 44.4 Å². The van der Waals surface area contributed by atoms with Crippen molar-refractivity contribution < 1.29 is 9.59 Å². The quantitative estimate of drug-likeness (QED) is 0.686. The van der Waals surface area contributed by atoms with E-state index in [1.54, 1.807) is 0 Å². The summed E-state index contributed by atoms with van der Waals surface area (Å²) in [6.45, 7) is 2.62. The number of nitrogens with one attached hydrogen (secondary N) is 2. The first-order chi connectivity index (χ1) is 11.1. The molecule has 1 aromatic carbocycles. The van der Waals surface area contributed by atoms with E-state index in [1.807, 2.05) is 31.2 Å². The number of halogens is 1. The molecule has 1 aliphatic rings. The molecule has 0 spiro atoms. The number of thioether (sulfide) groups is 1. The average molecular weight is 372 g/mol. The van der Waals surface area contributed by atoms with Gasteiger partial charge < -0.3 is 16.4 Å². The van der Waals surface area contributed by atoms with Gasteiger partial charge >= 0.3 is 0 Å². The van der Waals surface area contributed by atoms with Gasteiger partial charge in [-0.25, -0.2) is 0 Å². The van der Waals surface area contributed by atoms with Gasteiger partial charge in [0.05, 0.1) is 11.5 Å². The van der Waals surface area contributed by atoms with E-state index in [1.165, 1.54) is 11.8 Å². The summed E-state index contributed by atoms with van der Waals surface area (Å²) in [6, 6.07) is 7.85. The summed E-state index contributed by atoms with van der Waals surface area (Å²) in [7, 11) is 0. The lowest BCUT2D eigenvalue weighted by molar-refractivity contribution is -0.119. The maximum atomic E-state index is 11.9. The molecule has 1 aliphatic carbocycles. The van der Waals surface area contributed by atoms with Crippen molar-refractivity contribution in [2.24, 2.45) is 11.7 Å². The Bertz CT molecular complexity index is 539. The highest BCUT2D eigenvalue weighted by atomic mass is 35.5. The van der Waals surface area contributed by atoms with Crippen molar-refractivity contribution in [2.75, 3.05) is 23.4 Å². The first-order valence-electron chi connectivity index (χ1n) is 8.02. The third-order valence-corrected chi connectivity index (χ3v) is 5.04. The lowest BCUT2D eigenvalue weighted by atomic mass is 10.0. The first-order valence-corrected chi connectivity index (χ1v) is 9.17. The highest BCUT2D eigenvalue weighted by molar-refractivity contribution is 8.00. The zero-order valence-corrected chi connectivity index (χ0v) is 15.6. The highest BCUT2D eigenvalue weighted by Crippen LogP contribution is 2.24. The fourth-order valence-electron chi connectivity index (χ4n) is 2.83. The number of hydrogen-bond acceptors (Lipinski definition) is 4. The molecule has 1 aromatic rings. The Labute approximate surface area is 153 Å². The van der Waals surface area contributed by atoms with Gasteiger partial charge in [0.25, 0.3) is 0 Å². The maximum absolute atomic E-state index is 11.9. The van der Waals surface area contributed by atoms with Gasteiger partial charge in [0, 0.05) is 11.7 Å². The summed E-state index contributed by atoms with van der Waals surface area (Å²) in [5.74, 6) is 0.867. The van der Waals surface area contributed by atoms with Gasteiger partial charge in [0.2, 0.25) is 11.8 Å². The third-order valence-electron chi connectivity index (χ3n) is 4.11. The van der Waals surface area contributed by atoms with Crippen molar-refractivity contribution >= 4 is 41.7 Å². The van der Waals surface area contributed by atoms with Crippen LogP contribution >= 0.6 is 24.2 Å². The standard InChI is InChI=1S/C17H25N3O2S.ClH/c1-12-5-7-14(8-6-12)19-16(21)10-23-11-17(22)20-15-4-2-3-13(15)9-18;/h5-8,13,15H,2-4,9-11,18H2,1H3,(H,19,21)(H,20,22);1H. The predicted molar refractivity (Wildman–Crippen MR) is 103 cm³/mol. The Kier molecular flexibility index (Phi) is 9.18. The summed E-state index contributed by atoms with van der Waals surface area (Å²) >= 11 is 1.33. The third kappa shape index (κ3) is 6.71. The van der Waals surface area contributed by atoms with Gasteiger partial charge in [-0.1, -0.05) is 24.1 Å². The Morgan fingerprint density at radius 1 is 1.17 bits per heavy atom. The number of carbonyl (C=O) groups is 2. The summed E-state index contributed by atoms with van der Waals surface area (Å²) in [5.41, 5.74) is 7.64. The van der Waals surface area contributed by atoms with Crippen molar-refractivity contribution in [3.8, 4) is 0 Å². The van der Waals surface area contributed by atoms with Gasteiger partial charge in [0.15, 0.2) is 0 Å². The highest BCUT2D eigenvalue weighted by Gasteiger charge is 2.27. The number of carbonyl (C=O) groups excluding carboxylic acids is 2. The van der Waals surface area contributed by atoms with Gasteiger partial charge in [0.1, 0.15) is 0 Å². The van der Waals surface area contributed by atoms with Crippen LogP contribution in [0.2, 0.25) is 0 Å². The molecule has 134 valence electrons. The molecule has 24 heavy (non-hydrogen) atoms. The van der Waals surface area contributed by atoms with Crippen molar-refractivity contribution in [1.29, 1.82) is 0 Å². The summed E-state index contributed by atoms with van der Waals surface area (Å²) in [6.07, 6.45) is 3.22. The van der Waals surface area contributed by atoms with Crippen LogP contribution in [0, 0.1) is 12.8 Å². The number of aryl methyl sites for hydroxylation is 1. The molecule has 4 N–H and O–H groups in total. The molecule has 1 fully saturated rings. The average Bonchev–Trinajstić information content (AvgIpc) is 2.96. The molecule has 7 heteroatoms. The predicted octanol–water partition coefficient (Wildman–Crippen LogP) is 2.33. The molecule has 0 bridgehead atoms. The molecular weight excluding hydrogens is 346 g/mol. The number of amides is 2. The van der Waals surface area contributed by atoms with E-state index in [-0.39, 0.29) is 36.0 Å². The van der Waals surface area contributed by atoms with Crippen molar-refractivity contribution in [1.82, 2.24) is 5.32 Å². The number of hydrogen-bond donors (Lipinski definition) is 3. The molecule has 1 saturated carbocycles. The van der Waals surface area contributed by atoms with Gasteiger partial charge in [-0.2, -0.15) is 0 Å². The summed E-state index contributed by atoms with van der Waals surface area (Å²) < 4.78 is 0. The molecule has 0 heterocycles. The normalized spacial score (nSPS) is 19.4. The number of anilines is 1. The zero-order chi connectivity index (χ0) is 16.7. The zero-order valence-electron chi connectivity index (χ0n) is 13.9. The second-order valence-electron chi connectivity index (χ2n) is 6.01. The molecule has 0 saturated heterocycles. The molecule has 0 radical (unpaired) electrons. The summed E-state index contributed by atoms with van der Waals surface area (Å²) in [4.78, 5) is 23.8. The van der Waals surface area contributed by atoms with E-state index in [0.29, 0.717) is 18.2 Å². The Balaban J connectivity index is 0.00000288. The maximum Gasteiger partial charge on any atom is 0.234 e.